The maximum Gasteiger partial charge on any atom is 0.256 e. The molecule has 5 heterocycles. The van der Waals surface area contributed by atoms with Crippen LogP contribution in [0.1, 0.15) is 28.2 Å². The number of aromatic nitrogens is 3. The van der Waals surface area contributed by atoms with Gasteiger partial charge in [0.1, 0.15) is 5.01 Å². The van der Waals surface area contributed by atoms with E-state index < -0.39 is 0 Å². The number of amides is 1. The molecule has 2 bridgehead atoms. The minimum atomic E-state index is -0.217. The molecule has 3 saturated heterocycles. The van der Waals surface area contributed by atoms with E-state index in [1.165, 1.54) is 22.0 Å². The summed E-state index contributed by atoms with van der Waals surface area (Å²) >= 11 is 1.32. The molecule has 0 saturated carbocycles. The van der Waals surface area contributed by atoms with Gasteiger partial charge in [-0.3, -0.25) is 14.2 Å². The van der Waals surface area contributed by atoms with Crippen LogP contribution in [0.25, 0.3) is 5.13 Å². The zero-order chi connectivity index (χ0) is 16.7. The molecular weight excluding hydrogens is 326 g/mol. The molecule has 1 amide bonds. The van der Waals surface area contributed by atoms with Gasteiger partial charge in [0, 0.05) is 24.8 Å². The van der Waals surface area contributed by atoms with Crippen LogP contribution in [-0.2, 0) is 0 Å². The predicted molar refractivity (Wildman–Crippen MR) is 90.7 cm³/mol. The van der Waals surface area contributed by atoms with Crippen LogP contribution >= 0.6 is 11.3 Å². The Hall–Kier alpha value is -2.06. The molecule has 1 N–H and O–H groups in total. The molecule has 5 rings (SSSR count). The van der Waals surface area contributed by atoms with E-state index in [1.54, 1.807) is 12.3 Å². The number of nitrogens with zero attached hydrogens (tertiary/aromatic N) is 4. The number of rotatable bonds is 3. The quantitative estimate of drug-likeness (QED) is 0.891. The average molecular weight is 345 g/mol. The molecule has 3 fully saturated rings. The topological polar surface area (TPSA) is 80.1 Å². The molecule has 24 heavy (non-hydrogen) atoms. The fraction of sp³-hybridized carbons (Fsp3) is 0.500. The molecule has 126 valence electrons. The highest BCUT2D eigenvalue weighted by Gasteiger charge is 2.35. The van der Waals surface area contributed by atoms with Gasteiger partial charge in [-0.15, -0.1) is 10.2 Å². The molecule has 1 unspecified atom stereocenters. The van der Waals surface area contributed by atoms with Crippen LogP contribution in [0.5, 0.6) is 0 Å². The molecule has 2 aromatic rings. The number of pyridine rings is 1. The largest absolute Gasteiger partial charge is 0.348 e. The van der Waals surface area contributed by atoms with E-state index in [0.29, 0.717) is 16.6 Å². The summed E-state index contributed by atoms with van der Waals surface area (Å²) in [6.45, 7) is 5.03. The highest BCUT2D eigenvalue weighted by atomic mass is 32.1. The van der Waals surface area contributed by atoms with E-state index in [9.17, 15) is 9.59 Å². The number of carbonyl (C=O) groups excluding carboxylic acids is 1. The predicted octanol–water partition coefficient (Wildman–Crippen LogP) is 0.821. The second kappa shape index (κ2) is 6.10. The summed E-state index contributed by atoms with van der Waals surface area (Å²) in [4.78, 5) is 27.1. The van der Waals surface area contributed by atoms with E-state index in [1.807, 2.05) is 6.92 Å². The zero-order valence-electron chi connectivity index (χ0n) is 13.4. The normalized spacial score (nSPS) is 25.6. The van der Waals surface area contributed by atoms with Crippen LogP contribution < -0.4 is 10.9 Å². The van der Waals surface area contributed by atoms with E-state index in [-0.39, 0.29) is 17.5 Å². The Morgan fingerprint density at radius 1 is 1.29 bits per heavy atom. The summed E-state index contributed by atoms with van der Waals surface area (Å²) in [5.74, 6) is 0.430. The first-order valence-corrected chi connectivity index (χ1v) is 8.98. The van der Waals surface area contributed by atoms with Gasteiger partial charge in [-0.05, 0) is 44.8 Å². The lowest BCUT2D eigenvalue weighted by atomic mass is 9.84. The summed E-state index contributed by atoms with van der Waals surface area (Å²) in [5.41, 5.74) is 0.254. The summed E-state index contributed by atoms with van der Waals surface area (Å²) in [5, 5.41) is 12.3. The van der Waals surface area contributed by atoms with Crippen molar-refractivity contribution in [2.45, 2.75) is 25.8 Å². The van der Waals surface area contributed by atoms with Gasteiger partial charge in [-0.2, -0.15) is 0 Å². The maximum atomic E-state index is 12.6. The third kappa shape index (κ3) is 2.87. The summed E-state index contributed by atoms with van der Waals surface area (Å²) in [6.07, 6.45) is 3.85. The highest BCUT2D eigenvalue weighted by molar-refractivity contribution is 7.13. The van der Waals surface area contributed by atoms with Crippen LogP contribution in [0, 0.1) is 12.8 Å². The molecule has 2 aromatic heterocycles. The van der Waals surface area contributed by atoms with Gasteiger partial charge in [0.25, 0.3) is 11.5 Å². The van der Waals surface area contributed by atoms with Crippen LogP contribution in [-0.4, -0.2) is 51.2 Å². The maximum absolute atomic E-state index is 12.6. The molecule has 7 nitrogen and oxygen atoms in total. The summed E-state index contributed by atoms with van der Waals surface area (Å²) in [6, 6.07) is 3.18. The van der Waals surface area contributed by atoms with Crippen molar-refractivity contribution in [3.8, 4) is 5.13 Å². The van der Waals surface area contributed by atoms with Crippen molar-refractivity contribution in [2.24, 2.45) is 5.92 Å². The number of carbonyl (C=O) groups is 1. The Labute approximate surface area is 143 Å². The standard InChI is InChI=1S/C16H19N5O2S/c1-10-18-19-16(24-10)21-8-12(2-3-14(21)22)15(23)17-13-9-20-6-4-11(13)5-7-20/h2-3,8,11,13H,4-7,9H2,1H3,(H,17,23). The molecule has 3 aliphatic rings. The van der Waals surface area contributed by atoms with Crippen LogP contribution in [0.4, 0.5) is 0 Å². The van der Waals surface area contributed by atoms with Crippen molar-refractivity contribution in [3.05, 3.63) is 39.3 Å². The number of hydrogen-bond acceptors (Lipinski definition) is 6. The second-order valence-electron chi connectivity index (χ2n) is 6.45. The number of nitrogens with one attached hydrogen (secondary N) is 1. The van der Waals surface area contributed by atoms with E-state index >= 15 is 0 Å². The first-order chi connectivity index (χ1) is 11.6. The van der Waals surface area contributed by atoms with Gasteiger partial charge in [-0.25, -0.2) is 0 Å². The van der Waals surface area contributed by atoms with Gasteiger partial charge < -0.3 is 10.2 Å². The Bertz CT molecular complexity index is 822. The van der Waals surface area contributed by atoms with Gasteiger partial charge in [0.05, 0.1) is 5.56 Å². The lowest BCUT2D eigenvalue weighted by Gasteiger charge is -2.44. The third-order valence-corrected chi connectivity index (χ3v) is 5.71. The Kier molecular flexibility index (Phi) is 3.93. The number of hydrogen-bond donors (Lipinski definition) is 1. The fourth-order valence-electron chi connectivity index (χ4n) is 3.53. The Morgan fingerprint density at radius 2 is 2.08 bits per heavy atom. The van der Waals surface area contributed by atoms with Crippen molar-refractivity contribution in [1.29, 1.82) is 0 Å². The molecule has 8 heteroatoms. The summed E-state index contributed by atoms with van der Waals surface area (Å²) in [7, 11) is 0. The van der Waals surface area contributed by atoms with Crippen LogP contribution in [0.15, 0.2) is 23.1 Å². The SMILES string of the molecule is Cc1nnc(-n2cc(C(=O)NC3CN4CCC3CC4)ccc2=O)s1. The minimum absolute atomic E-state index is 0.135. The molecule has 0 radical (unpaired) electrons. The van der Waals surface area contributed by atoms with Crippen molar-refractivity contribution in [2.75, 3.05) is 19.6 Å². The average Bonchev–Trinajstić information content (AvgIpc) is 3.02. The third-order valence-electron chi connectivity index (χ3n) is 4.87. The first kappa shape index (κ1) is 15.5. The van der Waals surface area contributed by atoms with Gasteiger partial charge >= 0.3 is 0 Å². The fourth-order valence-corrected chi connectivity index (χ4v) is 4.20. The van der Waals surface area contributed by atoms with Crippen LogP contribution in [0.2, 0.25) is 0 Å². The van der Waals surface area contributed by atoms with E-state index in [0.717, 1.165) is 37.5 Å². The van der Waals surface area contributed by atoms with Crippen molar-refractivity contribution < 1.29 is 4.79 Å². The van der Waals surface area contributed by atoms with E-state index in [4.69, 9.17) is 0 Å². The lowest BCUT2D eigenvalue weighted by molar-refractivity contribution is 0.0620. The van der Waals surface area contributed by atoms with Gasteiger partial charge in [-0.1, -0.05) is 11.3 Å². The van der Waals surface area contributed by atoms with Crippen molar-refractivity contribution in [3.63, 3.8) is 0 Å². The van der Waals surface area contributed by atoms with E-state index in [2.05, 4.69) is 20.4 Å². The molecule has 0 spiro atoms. The molecular formula is C16H19N5O2S. The minimum Gasteiger partial charge on any atom is -0.348 e. The Balaban J connectivity index is 1.55. The molecule has 0 aromatic carbocycles. The summed E-state index contributed by atoms with van der Waals surface area (Å²) < 4.78 is 1.39. The second-order valence-corrected chi connectivity index (χ2v) is 7.61. The van der Waals surface area contributed by atoms with Gasteiger partial charge in [0.15, 0.2) is 0 Å². The molecule has 1 atom stereocenters. The van der Waals surface area contributed by atoms with Gasteiger partial charge in [0.2, 0.25) is 5.13 Å². The number of aryl methyl sites for hydroxylation is 1. The molecule has 0 aliphatic carbocycles. The highest BCUT2D eigenvalue weighted by Crippen LogP contribution is 2.27. The smallest absolute Gasteiger partial charge is 0.256 e. The Morgan fingerprint density at radius 3 is 2.71 bits per heavy atom. The first-order valence-electron chi connectivity index (χ1n) is 8.16. The van der Waals surface area contributed by atoms with Crippen molar-refractivity contribution in [1.82, 2.24) is 25.0 Å². The molecule has 3 aliphatic heterocycles. The zero-order valence-corrected chi connectivity index (χ0v) is 14.3. The van der Waals surface area contributed by atoms with Crippen LogP contribution in [0.3, 0.4) is 0 Å². The monoisotopic (exact) mass is 345 g/mol. The number of fused-ring (bicyclic) bond motifs is 3. The van der Waals surface area contributed by atoms with Crippen molar-refractivity contribution >= 4 is 17.2 Å². The number of piperidine rings is 3. The lowest BCUT2D eigenvalue weighted by Crippen LogP contribution is -2.57.